The molecule has 0 heterocycles. The molecular formula is C16H19BrO4. The fraction of sp³-hybridized carbons (Fsp3) is 0.375. The Morgan fingerprint density at radius 2 is 1.52 bits per heavy atom. The third-order valence-electron chi connectivity index (χ3n) is 3.16. The summed E-state index contributed by atoms with van der Waals surface area (Å²) in [6.45, 7) is 9.13. The van der Waals surface area contributed by atoms with Crippen molar-refractivity contribution in [3.63, 3.8) is 0 Å². The van der Waals surface area contributed by atoms with Gasteiger partial charge in [0, 0.05) is 4.47 Å². The molecule has 4 nitrogen and oxygen atoms in total. The van der Waals surface area contributed by atoms with Gasteiger partial charge in [0.25, 0.3) is 0 Å². The van der Waals surface area contributed by atoms with Crippen molar-refractivity contribution in [3.8, 4) is 0 Å². The van der Waals surface area contributed by atoms with E-state index in [-0.39, 0.29) is 13.2 Å². The standard InChI is InChI=1S/C16H19BrO4/c1-5-20-14(18)16(4,15(19)21-6-2)11(3)12-7-9-13(17)10-8-12/h7-10H,3,5-6H2,1-2,4H3. The predicted molar refractivity (Wildman–Crippen MR) is 84.5 cm³/mol. The number of halogens is 1. The van der Waals surface area contributed by atoms with Gasteiger partial charge >= 0.3 is 11.9 Å². The van der Waals surface area contributed by atoms with Gasteiger partial charge in [-0.3, -0.25) is 9.59 Å². The Balaban J connectivity index is 3.22. The lowest BCUT2D eigenvalue weighted by Gasteiger charge is -2.27. The zero-order valence-electron chi connectivity index (χ0n) is 12.4. The third kappa shape index (κ3) is 3.73. The van der Waals surface area contributed by atoms with Gasteiger partial charge in [0.1, 0.15) is 0 Å². The second-order valence-electron chi connectivity index (χ2n) is 4.55. The van der Waals surface area contributed by atoms with E-state index in [9.17, 15) is 9.59 Å². The minimum atomic E-state index is -1.56. The highest BCUT2D eigenvalue weighted by Crippen LogP contribution is 2.36. The van der Waals surface area contributed by atoms with E-state index in [1.807, 2.05) is 12.1 Å². The van der Waals surface area contributed by atoms with Crippen LogP contribution in [0, 0.1) is 5.41 Å². The van der Waals surface area contributed by atoms with Crippen LogP contribution in [0.1, 0.15) is 26.3 Å². The van der Waals surface area contributed by atoms with E-state index in [0.717, 1.165) is 4.47 Å². The van der Waals surface area contributed by atoms with Gasteiger partial charge in [-0.05, 0) is 44.0 Å². The fourth-order valence-electron chi connectivity index (χ4n) is 1.82. The van der Waals surface area contributed by atoms with E-state index < -0.39 is 17.4 Å². The van der Waals surface area contributed by atoms with Crippen LogP contribution >= 0.6 is 15.9 Å². The summed E-state index contributed by atoms with van der Waals surface area (Å²) in [7, 11) is 0. The Labute approximate surface area is 133 Å². The number of hydrogen-bond donors (Lipinski definition) is 0. The minimum absolute atomic E-state index is 0.182. The van der Waals surface area contributed by atoms with Crippen LogP contribution in [0.15, 0.2) is 35.3 Å². The van der Waals surface area contributed by atoms with Crippen LogP contribution in [0.5, 0.6) is 0 Å². The van der Waals surface area contributed by atoms with Crippen molar-refractivity contribution in [2.45, 2.75) is 20.8 Å². The SMILES string of the molecule is C=C(c1ccc(Br)cc1)C(C)(C(=O)OCC)C(=O)OCC. The van der Waals surface area contributed by atoms with Gasteiger partial charge in [0.05, 0.1) is 13.2 Å². The molecule has 0 amide bonds. The lowest BCUT2D eigenvalue weighted by Crippen LogP contribution is -2.40. The molecule has 0 radical (unpaired) electrons. The Morgan fingerprint density at radius 3 is 1.90 bits per heavy atom. The second kappa shape index (κ2) is 7.41. The highest BCUT2D eigenvalue weighted by molar-refractivity contribution is 9.10. The summed E-state index contributed by atoms with van der Waals surface area (Å²) in [6.07, 6.45) is 0. The summed E-state index contributed by atoms with van der Waals surface area (Å²) in [5, 5.41) is 0. The molecular weight excluding hydrogens is 336 g/mol. The Kier molecular flexibility index (Phi) is 6.15. The highest BCUT2D eigenvalue weighted by Gasteiger charge is 2.47. The van der Waals surface area contributed by atoms with Crippen LogP contribution in [0.25, 0.3) is 5.57 Å². The van der Waals surface area contributed by atoms with Crippen molar-refractivity contribution in [1.29, 1.82) is 0 Å². The molecule has 1 aromatic carbocycles. The lowest BCUT2D eigenvalue weighted by molar-refractivity contribution is -0.165. The Bertz CT molecular complexity index is 516. The monoisotopic (exact) mass is 354 g/mol. The molecule has 0 unspecified atom stereocenters. The summed E-state index contributed by atoms with van der Waals surface area (Å²) in [4.78, 5) is 24.5. The van der Waals surface area contributed by atoms with Crippen LogP contribution in [0.4, 0.5) is 0 Å². The third-order valence-corrected chi connectivity index (χ3v) is 3.69. The summed E-state index contributed by atoms with van der Waals surface area (Å²) in [5.74, 6) is -1.31. The number of benzene rings is 1. The van der Waals surface area contributed by atoms with Gasteiger partial charge in [-0.2, -0.15) is 0 Å². The normalized spacial score (nSPS) is 10.9. The molecule has 5 heteroatoms. The molecule has 0 spiro atoms. The van der Waals surface area contributed by atoms with Gasteiger partial charge in [-0.1, -0.05) is 34.6 Å². The van der Waals surface area contributed by atoms with E-state index in [1.165, 1.54) is 6.92 Å². The molecule has 1 aromatic rings. The van der Waals surface area contributed by atoms with E-state index in [4.69, 9.17) is 9.47 Å². The first-order chi connectivity index (χ1) is 9.87. The van der Waals surface area contributed by atoms with Crippen LogP contribution in [-0.2, 0) is 19.1 Å². The molecule has 0 saturated carbocycles. The molecule has 21 heavy (non-hydrogen) atoms. The zero-order chi connectivity index (χ0) is 16.0. The smallest absolute Gasteiger partial charge is 0.327 e. The number of ether oxygens (including phenoxy) is 2. The fourth-order valence-corrected chi connectivity index (χ4v) is 2.08. The van der Waals surface area contributed by atoms with Crippen LogP contribution in [-0.4, -0.2) is 25.2 Å². The quantitative estimate of drug-likeness (QED) is 0.578. The average Bonchev–Trinajstić information content (AvgIpc) is 2.46. The number of carbonyl (C=O) groups excluding carboxylic acids is 2. The number of hydrogen-bond acceptors (Lipinski definition) is 4. The topological polar surface area (TPSA) is 52.6 Å². The van der Waals surface area contributed by atoms with Gasteiger partial charge in [-0.25, -0.2) is 0 Å². The zero-order valence-corrected chi connectivity index (χ0v) is 14.0. The van der Waals surface area contributed by atoms with Crippen LogP contribution in [0.2, 0.25) is 0 Å². The average molecular weight is 355 g/mol. The van der Waals surface area contributed by atoms with E-state index in [1.54, 1.807) is 26.0 Å². The Morgan fingerprint density at radius 1 is 1.10 bits per heavy atom. The van der Waals surface area contributed by atoms with Gasteiger partial charge in [0.15, 0.2) is 5.41 Å². The van der Waals surface area contributed by atoms with Gasteiger partial charge in [0.2, 0.25) is 0 Å². The predicted octanol–water partition coefficient (Wildman–Crippen LogP) is 3.59. The first kappa shape index (κ1) is 17.4. The van der Waals surface area contributed by atoms with Crippen molar-refractivity contribution in [3.05, 3.63) is 40.9 Å². The number of carbonyl (C=O) groups is 2. The van der Waals surface area contributed by atoms with E-state index in [0.29, 0.717) is 11.1 Å². The van der Waals surface area contributed by atoms with Crippen LogP contribution in [0.3, 0.4) is 0 Å². The minimum Gasteiger partial charge on any atom is -0.465 e. The van der Waals surface area contributed by atoms with Crippen molar-refractivity contribution in [2.75, 3.05) is 13.2 Å². The maximum atomic E-state index is 12.3. The van der Waals surface area contributed by atoms with E-state index in [2.05, 4.69) is 22.5 Å². The highest BCUT2D eigenvalue weighted by atomic mass is 79.9. The van der Waals surface area contributed by atoms with E-state index >= 15 is 0 Å². The molecule has 0 aliphatic heterocycles. The number of rotatable bonds is 6. The molecule has 0 atom stereocenters. The molecule has 114 valence electrons. The summed E-state index contributed by atoms with van der Waals surface area (Å²) < 4.78 is 11.0. The summed E-state index contributed by atoms with van der Waals surface area (Å²) in [6, 6.07) is 7.20. The maximum absolute atomic E-state index is 12.3. The van der Waals surface area contributed by atoms with Crippen molar-refractivity contribution in [2.24, 2.45) is 5.41 Å². The molecule has 1 rings (SSSR count). The largest absolute Gasteiger partial charge is 0.465 e. The van der Waals surface area contributed by atoms with Crippen molar-refractivity contribution >= 4 is 33.4 Å². The number of esters is 2. The van der Waals surface area contributed by atoms with Crippen molar-refractivity contribution < 1.29 is 19.1 Å². The molecule has 0 N–H and O–H groups in total. The molecule has 0 aromatic heterocycles. The Hall–Kier alpha value is -1.62. The first-order valence-corrected chi connectivity index (χ1v) is 7.46. The molecule has 0 saturated heterocycles. The van der Waals surface area contributed by atoms with Crippen LogP contribution < -0.4 is 0 Å². The lowest BCUT2D eigenvalue weighted by atomic mass is 9.79. The van der Waals surface area contributed by atoms with Gasteiger partial charge < -0.3 is 9.47 Å². The molecule has 0 fully saturated rings. The molecule has 0 aliphatic rings. The summed E-state index contributed by atoms with van der Waals surface area (Å²) in [5.41, 5.74) is -0.520. The van der Waals surface area contributed by atoms with Gasteiger partial charge in [-0.15, -0.1) is 0 Å². The maximum Gasteiger partial charge on any atom is 0.327 e. The summed E-state index contributed by atoms with van der Waals surface area (Å²) >= 11 is 3.34. The molecule has 0 aliphatic carbocycles. The first-order valence-electron chi connectivity index (χ1n) is 6.67. The molecule has 0 bridgehead atoms. The van der Waals surface area contributed by atoms with Crippen molar-refractivity contribution in [1.82, 2.24) is 0 Å². The second-order valence-corrected chi connectivity index (χ2v) is 5.47.